The van der Waals surface area contributed by atoms with Crippen LogP contribution in [0.5, 0.6) is 5.75 Å². The Kier molecular flexibility index (Phi) is 3.15. The zero-order valence-corrected chi connectivity index (χ0v) is 13.5. The molecular formula is C18H16O6. The summed E-state index contributed by atoms with van der Waals surface area (Å²) in [5, 5.41) is 0. The zero-order chi connectivity index (χ0) is 17.2. The average Bonchev–Trinajstić information content (AvgIpc) is 2.90. The average molecular weight is 328 g/mol. The lowest BCUT2D eigenvalue weighted by Gasteiger charge is -2.35. The Balaban J connectivity index is 1.96. The number of hydrogen-bond acceptors (Lipinski definition) is 6. The van der Waals surface area contributed by atoms with Gasteiger partial charge in [-0.2, -0.15) is 0 Å². The summed E-state index contributed by atoms with van der Waals surface area (Å²) in [6.07, 6.45) is -1.82. The highest BCUT2D eigenvalue weighted by Crippen LogP contribution is 2.43. The molecule has 1 fully saturated rings. The molecule has 0 amide bonds. The van der Waals surface area contributed by atoms with Crippen LogP contribution in [-0.4, -0.2) is 43.0 Å². The van der Waals surface area contributed by atoms with E-state index in [9.17, 15) is 14.4 Å². The number of Topliss-reactive ketones (excluding diaryl/α,β-unsaturated/α-hetero) is 2. The Labute approximate surface area is 138 Å². The minimum absolute atomic E-state index is 0.0884. The number of esters is 1. The molecule has 0 spiro atoms. The summed E-state index contributed by atoms with van der Waals surface area (Å²) in [5.74, 6) is -0.627. The van der Waals surface area contributed by atoms with Crippen LogP contribution in [0.25, 0.3) is 0 Å². The van der Waals surface area contributed by atoms with Crippen molar-refractivity contribution in [1.29, 1.82) is 0 Å². The smallest absolute Gasteiger partial charge is 0.309 e. The summed E-state index contributed by atoms with van der Waals surface area (Å²) in [7, 11) is 1.47. The Morgan fingerprint density at radius 3 is 2.58 bits per heavy atom. The third-order valence-electron chi connectivity index (χ3n) is 4.84. The Morgan fingerprint density at radius 1 is 1.12 bits per heavy atom. The van der Waals surface area contributed by atoms with Crippen LogP contribution in [0.4, 0.5) is 0 Å². The first-order chi connectivity index (χ1) is 11.4. The maximum absolute atomic E-state index is 13.2. The zero-order valence-electron chi connectivity index (χ0n) is 13.5. The van der Waals surface area contributed by atoms with E-state index in [1.165, 1.54) is 7.11 Å². The number of carbonyl (C=O) groups is 3. The Bertz CT molecular complexity index is 834. The Morgan fingerprint density at radius 2 is 1.88 bits per heavy atom. The van der Waals surface area contributed by atoms with Crippen molar-refractivity contribution in [1.82, 2.24) is 0 Å². The molecular weight excluding hydrogens is 312 g/mol. The van der Waals surface area contributed by atoms with Crippen LogP contribution in [0.2, 0.25) is 0 Å². The lowest BCUT2D eigenvalue weighted by Crippen LogP contribution is -2.44. The molecule has 1 aromatic rings. The van der Waals surface area contributed by atoms with Gasteiger partial charge >= 0.3 is 5.97 Å². The number of ketones is 2. The molecule has 1 aromatic carbocycles. The van der Waals surface area contributed by atoms with Crippen LogP contribution in [0.15, 0.2) is 23.3 Å². The number of ether oxygens (including phenoxy) is 3. The minimum Gasteiger partial charge on any atom is -0.496 e. The summed E-state index contributed by atoms with van der Waals surface area (Å²) < 4.78 is 16.4. The highest BCUT2D eigenvalue weighted by Gasteiger charge is 2.51. The van der Waals surface area contributed by atoms with Gasteiger partial charge in [0.25, 0.3) is 0 Å². The van der Waals surface area contributed by atoms with Crippen molar-refractivity contribution < 1.29 is 28.6 Å². The molecule has 2 aliphatic heterocycles. The van der Waals surface area contributed by atoms with Gasteiger partial charge in [-0.25, -0.2) is 0 Å². The van der Waals surface area contributed by atoms with Gasteiger partial charge in [-0.1, -0.05) is 6.07 Å². The van der Waals surface area contributed by atoms with Gasteiger partial charge < -0.3 is 14.2 Å². The molecule has 24 heavy (non-hydrogen) atoms. The molecule has 0 bridgehead atoms. The van der Waals surface area contributed by atoms with Crippen molar-refractivity contribution in [3.8, 4) is 5.75 Å². The van der Waals surface area contributed by atoms with E-state index < -0.39 is 24.3 Å². The van der Waals surface area contributed by atoms with E-state index >= 15 is 0 Å². The van der Waals surface area contributed by atoms with Crippen LogP contribution in [0.1, 0.15) is 39.6 Å². The Hall–Kier alpha value is -2.47. The van der Waals surface area contributed by atoms with Gasteiger partial charge in [0.05, 0.1) is 30.8 Å². The maximum atomic E-state index is 13.2. The lowest BCUT2D eigenvalue weighted by molar-refractivity contribution is -0.140. The fourth-order valence-corrected chi connectivity index (χ4v) is 3.81. The number of carbonyl (C=O) groups excluding carboxylic acids is 3. The fourth-order valence-electron chi connectivity index (χ4n) is 3.81. The molecule has 0 unspecified atom stereocenters. The van der Waals surface area contributed by atoms with Crippen molar-refractivity contribution in [3.05, 3.63) is 40.0 Å². The highest BCUT2D eigenvalue weighted by atomic mass is 16.6. The predicted octanol–water partition coefficient (Wildman–Crippen LogP) is 1.78. The molecule has 0 saturated carbocycles. The summed E-state index contributed by atoms with van der Waals surface area (Å²) in [5.41, 5.74) is 1.85. The number of fused-ring (bicyclic) bond motifs is 3. The second-order valence-corrected chi connectivity index (χ2v) is 6.26. The lowest BCUT2D eigenvalue weighted by atomic mass is 9.76. The first kappa shape index (κ1) is 15.1. The normalized spacial score (nSPS) is 28.3. The number of aryl methyl sites for hydroxylation is 1. The van der Waals surface area contributed by atoms with E-state index in [2.05, 4.69) is 0 Å². The van der Waals surface area contributed by atoms with Crippen LogP contribution < -0.4 is 4.74 Å². The number of rotatable bonds is 1. The van der Waals surface area contributed by atoms with E-state index in [-0.39, 0.29) is 34.7 Å². The van der Waals surface area contributed by atoms with E-state index in [0.717, 1.165) is 5.56 Å². The monoisotopic (exact) mass is 328 g/mol. The van der Waals surface area contributed by atoms with Crippen LogP contribution in [-0.2, 0) is 14.3 Å². The van der Waals surface area contributed by atoms with Crippen molar-refractivity contribution in [3.63, 3.8) is 0 Å². The van der Waals surface area contributed by atoms with Crippen molar-refractivity contribution >= 4 is 17.5 Å². The summed E-state index contributed by atoms with van der Waals surface area (Å²) >= 11 is 0. The quantitative estimate of drug-likeness (QED) is 0.731. The third kappa shape index (κ3) is 1.83. The fraction of sp³-hybridized carbons (Fsp3) is 0.389. The van der Waals surface area contributed by atoms with Gasteiger partial charge in [0.2, 0.25) is 0 Å². The summed E-state index contributed by atoms with van der Waals surface area (Å²) in [4.78, 5) is 37.8. The molecule has 0 radical (unpaired) electrons. The molecule has 6 nitrogen and oxygen atoms in total. The second kappa shape index (κ2) is 5.01. The van der Waals surface area contributed by atoms with Gasteiger partial charge in [0.1, 0.15) is 11.9 Å². The molecule has 124 valence electrons. The summed E-state index contributed by atoms with van der Waals surface area (Å²) in [6.45, 7) is 3.53. The minimum atomic E-state index is -0.821. The van der Waals surface area contributed by atoms with Gasteiger partial charge in [-0.05, 0) is 25.5 Å². The van der Waals surface area contributed by atoms with E-state index in [1.54, 1.807) is 19.1 Å². The van der Waals surface area contributed by atoms with E-state index in [1.807, 2.05) is 6.92 Å². The van der Waals surface area contributed by atoms with Crippen LogP contribution >= 0.6 is 0 Å². The molecule has 4 rings (SSSR count). The molecule has 3 aliphatic rings. The van der Waals surface area contributed by atoms with Gasteiger partial charge in [0.15, 0.2) is 17.7 Å². The van der Waals surface area contributed by atoms with Crippen molar-refractivity contribution in [2.45, 2.75) is 38.6 Å². The standard InChI is InChI=1S/C18H16O6/c1-7-4-5-9-13(17(7)22-3)16(21)14-12(15(9)20)8(2)23-10-6-11(19)24-18(10)14/h4-5,8,10,18H,6H2,1-3H3/t8-,10-,18+/m0/s1. The molecule has 2 heterocycles. The van der Waals surface area contributed by atoms with Crippen LogP contribution in [0, 0.1) is 6.92 Å². The molecule has 3 atom stereocenters. The number of benzene rings is 1. The number of methoxy groups -OCH3 is 1. The first-order valence-electron chi connectivity index (χ1n) is 7.80. The second-order valence-electron chi connectivity index (χ2n) is 6.26. The first-order valence-corrected chi connectivity index (χ1v) is 7.80. The highest BCUT2D eigenvalue weighted by molar-refractivity contribution is 6.29. The van der Waals surface area contributed by atoms with Gasteiger partial charge in [0, 0.05) is 11.1 Å². The molecule has 0 aromatic heterocycles. The van der Waals surface area contributed by atoms with E-state index in [4.69, 9.17) is 14.2 Å². The van der Waals surface area contributed by atoms with Crippen LogP contribution in [0.3, 0.4) is 0 Å². The van der Waals surface area contributed by atoms with Crippen molar-refractivity contribution in [2.75, 3.05) is 7.11 Å². The predicted molar refractivity (Wildman–Crippen MR) is 82.3 cm³/mol. The largest absolute Gasteiger partial charge is 0.496 e. The summed E-state index contributed by atoms with van der Waals surface area (Å²) in [6, 6.07) is 3.39. The topological polar surface area (TPSA) is 78.9 Å². The molecule has 6 heteroatoms. The number of hydrogen-bond donors (Lipinski definition) is 0. The maximum Gasteiger partial charge on any atom is 0.309 e. The third-order valence-corrected chi connectivity index (χ3v) is 4.84. The van der Waals surface area contributed by atoms with Crippen molar-refractivity contribution in [2.24, 2.45) is 0 Å². The van der Waals surface area contributed by atoms with E-state index in [0.29, 0.717) is 11.3 Å². The SMILES string of the molecule is COc1c(C)ccc2c1C(=O)C1=C(C2=O)[C@H](C)O[C@H]2CC(=O)O[C@@H]12. The van der Waals surface area contributed by atoms with Gasteiger partial charge in [-0.3, -0.25) is 14.4 Å². The van der Waals surface area contributed by atoms with Gasteiger partial charge in [-0.15, -0.1) is 0 Å². The molecule has 1 saturated heterocycles. The molecule has 0 N–H and O–H groups in total. The molecule has 1 aliphatic carbocycles.